The number of nitrogens with zero attached hydrogens (tertiary/aromatic N) is 4. The van der Waals surface area contributed by atoms with Crippen LogP contribution in [0.2, 0.25) is 5.02 Å². The molecule has 1 fully saturated rings. The molecule has 1 amide bonds. The number of halogens is 1. The second-order valence-corrected chi connectivity index (χ2v) is 5.75. The van der Waals surface area contributed by atoms with Gasteiger partial charge >= 0.3 is 0 Å². The molecule has 0 spiro atoms. The summed E-state index contributed by atoms with van der Waals surface area (Å²) in [6.07, 6.45) is 3.45. The molecule has 20 heavy (non-hydrogen) atoms. The fourth-order valence-electron chi connectivity index (χ4n) is 2.15. The lowest BCUT2D eigenvalue weighted by Gasteiger charge is -2.34. The second-order valence-electron chi connectivity index (χ2n) is 4.43. The first-order chi connectivity index (χ1) is 9.75. The largest absolute Gasteiger partial charge is 0.337 e. The molecule has 2 aromatic heterocycles. The van der Waals surface area contributed by atoms with Gasteiger partial charge in [0.1, 0.15) is 4.88 Å². The van der Waals surface area contributed by atoms with Crippen molar-refractivity contribution in [3.05, 3.63) is 39.8 Å². The van der Waals surface area contributed by atoms with Gasteiger partial charge in [-0.2, -0.15) is 0 Å². The Kier molecular flexibility index (Phi) is 3.84. The first-order valence-corrected chi connectivity index (χ1v) is 7.55. The molecular weight excluding hydrogens is 296 g/mol. The van der Waals surface area contributed by atoms with Crippen LogP contribution >= 0.6 is 22.9 Å². The van der Waals surface area contributed by atoms with E-state index in [4.69, 9.17) is 11.6 Å². The molecule has 2 aromatic rings. The standard InChI is InChI=1S/C13H13ClN4OS/c14-10-2-9-20-11(10)12(19)17-5-7-18(8-6-17)13-15-3-1-4-16-13/h1-4,9H,5-8H2. The number of aromatic nitrogens is 2. The summed E-state index contributed by atoms with van der Waals surface area (Å²) in [5.74, 6) is 0.729. The average molecular weight is 309 g/mol. The molecule has 0 aliphatic carbocycles. The fourth-order valence-corrected chi connectivity index (χ4v) is 3.26. The number of amides is 1. The molecule has 0 bridgehead atoms. The number of carbonyl (C=O) groups excluding carboxylic acids is 1. The Labute approximate surface area is 125 Å². The first-order valence-electron chi connectivity index (χ1n) is 6.30. The molecule has 0 saturated carbocycles. The Hall–Kier alpha value is -1.66. The van der Waals surface area contributed by atoms with Crippen LogP contribution in [-0.2, 0) is 0 Å². The average Bonchev–Trinajstić information content (AvgIpc) is 2.94. The van der Waals surface area contributed by atoms with Crippen molar-refractivity contribution >= 4 is 34.8 Å². The molecule has 104 valence electrons. The van der Waals surface area contributed by atoms with E-state index in [2.05, 4.69) is 14.9 Å². The maximum Gasteiger partial charge on any atom is 0.265 e. The third-order valence-corrected chi connectivity index (χ3v) is 4.54. The first kappa shape index (κ1) is 13.3. The lowest BCUT2D eigenvalue weighted by Crippen LogP contribution is -2.49. The van der Waals surface area contributed by atoms with Gasteiger partial charge in [-0.3, -0.25) is 4.79 Å². The number of thiophene rings is 1. The molecule has 3 heterocycles. The SMILES string of the molecule is O=C(c1sccc1Cl)N1CCN(c2ncccn2)CC1. The third kappa shape index (κ3) is 2.62. The summed E-state index contributed by atoms with van der Waals surface area (Å²) < 4.78 is 0. The summed E-state index contributed by atoms with van der Waals surface area (Å²) in [7, 11) is 0. The van der Waals surface area contributed by atoms with Crippen LogP contribution in [0.25, 0.3) is 0 Å². The van der Waals surface area contributed by atoms with Crippen LogP contribution in [0, 0.1) is 0 Å². The van der Waals surface area contributed by atoms with Gasteiger partial charge in [0.2, 0.25) is 5.95 Å². The van der Waals surface area contributed by atoms with E-state index in [0.717, 1.165) is 13.1 Å². The highest BCUT2D eigenvalue weighted by Gasteiger charge is 2.25. The van der Waals surface area contributed by atoms with Crippen LogP contribution in [0.3, 0.4) is 0 Å². The molecule has 3 rings (SSSR count). The van der Waals surface area contributed by atoms with Gasteiger partial charge in [0, 0.05) is 38.6 Å². The summed E-state index contributed by atoms with van der Waals surface area (Å²) in [4.78, 5) is 25.3. The van der Waals surface area contributed by atoms with Crippen LogP contribution in [0.15, 0.2) is 29.9 Å². The van der Waals surface area contributed by atoms with Gasteiger partial charge in [0.25, 0.3) is 5.91 Å². The Balaban J connectivity index is 1.64. The zero-order chi connectivity index (χ0) is 13.9. The molecule has 7 heteroatoms. The third-order valence-electron chi connectivity index (χ3n) is 3.21. The van der Waals surface area contributed by atoms with E-state index in [1.165, 1.54) is 11.3 Å². The second kappa shape index (κ2) is 5.76. The predicted octanol–water partition coefficient (Wildman–Crippen LogP) is 2.15. The van der Waals surface area contributed by atoms with E-state index in [1.54, 1.807) is 24.5 Å². The molecule has 0 aromatic carbocycles. The molecular formula is C13H13ClN4OS. The van der Waals surface area contributed by atoms with Crippen LogP contribution in [0.1, 0.15) is 9.67 Å². The predicted molar refractivity (Wildman–Crippen MR) is 79.5 cm³/mol. The van der Waals surface area contributed by atoms with Crippen molar-refractivity contribution < 1.29 is 4.79 Å². The summed E-state index contributed by atoms with van der Waals surface area (Å²) in [6.45, 7) is 2.79. The fraction of sp³-hybridized carbons (Fsp3) is 0.308. The van der Waals surface area contributed by atoms with Gasteiger partial charge in [-0.1, -0.05) is 11.6 Å². The number of anilines is 1. The summed E-state index contributed by atoms with van der Waals surface area (Å²) in [6, 6.07) is 3.55. The van der Waals surface area contributed by atoms with Crippen LogP contribution in [-0.4, -0.2) is 47.0 Å². The molecule has 1 aliphatic heterocycles. The highest BCUT2D eigenvalue weighted by Crippen LogP contribution is 2.24. The smallest absolute Gasteiger partial charge is 0.265 e. The van der Waals surface area contributed by atoms with Crippen molar-refractivity contribution in [2.45, 2.75) is 0 Å². The minimum absolute atomic E-state index is 0.0126. The summed E-state index contributed by atoms with van der Waals surface area (Å²) in [5, 5.41) is 2.37. The van der Waals surface area contributed by atoms with E-state index < -0.39 is 0 Å². The van der Waals surface area contributed by atoms with Crippen molar-refractivity contribution in [3.63, 3.8) is 0 Å². The van der Waals surface area contributed by atoms with Gasteiger partial charge in [-0.15, -0.1) is 11.3 Å². The maximum absolute atomic E-state index is 12.3. The molecule has 1 aliphatic rings. The van der Waals surface area contributed by atoms with Crippen molar-refractivity contribution in [3.8, 4) is 0 Å². The van der Waals surface area contributed by atoms with E-state index in [1.807, 2.05) is 10.3 Å². The lowest BCUT2D eigenvalue weighted by atomic mass is 10.3. The minimum atomic E-state index is 0.0126. The van der Waals surface area contributed by atoms with E-state index in [9.17, 15) is 4.79 Å². The highest BCUT2D eigenvalue weighted by molar-refractivity contribution is 7.12. The Morgan fingerprint density at radius 2 is 1.90 bits per heavy atom. The molecule has 0 unspecified atom stereocenters. The quantitative estimate of drug-likeness (QED) is 0.853. The number of carbonyl (C=O) groups is 1. The Bertz CT molecular complexity index is 595. The summed E-state index contributed by atoms with van der Waals surface area (Å²) in [5.41, 5.74) is 0. The molecule has 0 radical (unpaired) electrons. The van der Waals surface area contributed by atoms with Crippen LogP contribution in [0.5, 0.6) is 0 Å². The maximum atomic E-state index is 12.3. The van der Waals surface area contributed by atoms with Gasteiger partial charge in [0.15, 0.2) is 0 Å². The number of hydrogen-bond acceptors (Lipinski definition) is 5. The van der Waals surface area contributed by atoms with E-state index >= 15 is 0 Å². The topological polar surface area (TPSA) is 49.3 Å². The molecule has 0 N–H and O–H groups in total. The van der Waals surface area contributed by atoms with Crippen molar-refractivity contribution in [2.24, 2.45) is 0 Å². The van der Waals surface area contributed by atoms with Crippen molar-refractivity contribution in [1.82, 2.24) is 14.9 Å². The minimum Gasteiger partial charge on any atom is -0.337 e. The monoisotopic (exact) mass is 308 g/mol. The van der Waals surface area contributed by atoms with E-state index in [-0.39, 0.29) is 5.91 Å². The van der Waals surface area contributed by atoms with Gasteiger partial charge in [-0.25, -0.2) is 9.97 Å². The number of hydrogen-bond donors (Lipinski definition) is 0. The van der Waals surface area contributed by atoms with Crippen molar-refractivity contribution in [1.29, 1.82) is 0 Å². The highest BCUT2D eigenvalue weighted by atomic mass is 35.5. The lowest BCUT2D eigenvalue weighted by molar-refractivity contribution is 0.0751. The van der Waals surface area contributed by atoms with Crippen LogP contribution in [0.4, 0.5) is 5.95 Å². The Morgan fingerprint density at radius 1 is 1.20 bits per heavy atom. The molecule has 5 nitrogen and oxygen atoms in total. The summed E-state index contributed by atoms with van der Waals surface area (Å²) >= 11 is 7.40. The van der Waals surface area contributed by atoms with Gasteiger partial charge in [-0.05, 0) is 17.5 Å². The number of rotatable bonds is 2. The zero-order valence-corrected chi connectivity index (χ0v) is 12.3. The van der Waals surface area contributed by atoms with Crippen LogP contribution < -0.4 is 4.90 Å². The van der Waals surface area contributed by atoms with Gasteiger partial charge < -0.3 is 9.80 Å². The van der Waals surface area contributed by atoms with Crippen molar-refractivity contribution in [2.75, 3.05) is 31.1 Å². The molecule has 1 saturated heterocycles. The zero-order valence-electron chi connectivity index (χ0n) is 10.7. The normalized spacial score (nSPS) is 15.4. The Morgan fingerprint density at radius 3 is 2.50 bits per heavy atom. The van der Waals surface area contributed by atoms with Gasteiger partial charge in [0.05, 0.1) is 5.02 Å². The number of piperazine rings is 1. The van der Waals surface area contributed by atoms with E-state index in [0.29, 0.717) is 28.9 Å². The molecule has 0 atom stereocenters.